The van der Waals surface area contributed by atoms with Crippen molar-refractivity contribution in [3.8, 4) is 0 Å². The quantitative estimate of drug-likeness (QED) is 0.592. The molecule has 0 rings (SSSR count). The fourth-order valence-electron chi connectivity index (χ4n) is 1.89. The summed E-state index contributed by atoms with van der Waals surface area (Å²) in [6.45, 7) is 19.0. The molecule has 1 atom stereocenters. The molecule has 0 aromatic heterocycles. The van der Waals surface area contributed by atoms with E-state index in [0.717, 1.165) is 11.8 Å². The number of hydrogen-bond donors (Lipinski definition) is 0. The molecule has 1 unspecified atom stereocenters. The van der Waals surface area contributed by atoms with E-state index in [9.17, 15) is 0 Å². The van der Waals surface area contributed by atoms with Crippen molar-refractivity contribution < 1.29 is 0 Å². The van der Waals surface area contributed by atoms with E-state index >= 15 is 0 Å². The molecule has 0 aromatic rings. The third-order valence-electron chi connectivity index (χ3n) is 4.95. The predicted molar refractivity (Wildman–Crippen MR) is 61.9 cm³/mol. The first-order valence-corrected chi connectivity index (χ1v) is 5.67. The third-order valence-corrected chi connectivity index (χ3v) is 4.95. The van der Waals surface area contributed by atoms with Gasteiger partial charge in [-0.2, -0.15) is 0 Å². The Morgan fingerprint density at radius 2 is 1.23 bits per heavy atom. The highest BCUT2D eigenvalue weighted by atomic mass is 14.5. The van der Waals surface area contributed by atoms with E-state index < -0.39 is 0 Å². The number of rotatable bonds is 4. The SMILES string of the molecule is CCC(C)C(C)(C)C(C)(C)C(C)C. The Morgan fingerprint density at radius 1 is 0.846 bits per heavy atom. The van der Waals surface area contributed by atoms with Gasteiger partial charge in [0.2, 0.25) is 0 Å². The van der Waals surface area contributed by atoms with Crippen LogP contribution in [0.15, 0.2) is 0 Å². The summed E-state index contributed by atoms with van der Waals surface area (Å²) in [6.07, 6.45) is 1.28. The lowest BCUT2D eigenvalue weighted by Gasteiger charge is -2.48. The van der Waals surface area contributed by atoms with Crippen molar-refractivity contribution in [1.29, 1.82) is 0 Å². The molecule has 0 bridgehead atoms. The minimum absolute atomic E-state index is 0.419. The second-order valence-electron chi connectivity index (χ2n) is 5.91. The van der Waals surface area contributed by atoms with Crippen LogP contribution in [0.4, 0.5) is 0 Å². The Hall–Kier alpha value is 0. The van der Waals surface area contributed by atoms with Crippen LogP contribution in [0.1, 0.15) is 61.8 Å². The molecule has 0 N–H and O–H groups in total. The molecule has 0 heteroatoms. The third kappa shape index (κ3) is 2.27. The molecule has 0 aliphatic heterocycles. The molecule has 0 saturated heterocycles. The summed E-state index contributed by atoms with van der Waals surface area (Å²) in [6, 6.07) is 0. The van der Waals surface area contributed by atoms with Crippen molar-refractivity contribution in [1.82, 2.24) is 0 Å². The second-order valence-corrected chi connectivity index (χ2v) is 5.91. The van der Waals surface area contributed by atoms with E-state index in [4.69, 9.17) is 0 Å². The molecular weight excluding hydrogens is 156 g/mol. The van der Waals surface area contributed by atoms with Crippen LogP contribution in [0.25, 0.3) is 0 Å². The topological polar surface area (TPSA) is 0 Å². The van der Waals surface area contributed by atoms with Gasteiger partial charge in [0, 0.05) is 0 Å². The van der Waals surface area contributed by atoms with Gasteiger partial charge in [0.1, 0.15) is 0 Å². The Balaban J connectivity index is 4.80. The lowest BCUT2D eigenvalue weighted by Crippen LogP contribution is -2.41. The van der Waals surface area contributed by atoms with Crippen LogP contribution in [0.2, 0.25) is 0 Å². The molecular formula is C13H28. The molecule has 0 heterocycles. The minimum atomic E-state index is 0.419. The molecule has 0 amide bonds. The Bertz CT molecular complexity index is 151. The van der Waals surface area contributed by atoms with Crippen LogP contribution in [0, 0.1) is 22.7 Å². The highest BCUT2D eigenvalue weighted by Crippen LogP contribution is 2.49. The molecule has 0 aromatic carbocycles. The van der Waals surface area contributed by atoms with E-state index in [2.05, 4.69) is 55.4 Å². The van der Waals surface area contributed by atoms with Crippen LogP contribution in [-0.2, 0) is 0 Å². The van der Waals surface area contributed by atoms with Crippen molar-refractivity contribution in [3.63, 3.8) is 0 Å². The van der Waals surface area contributed by atoms with Gasteiger partial charge in [-0.15, -0.1) is 0 Å². The molecule has 0 radical (unpaired) electrons. The van der Waals surface area contributed by atoms with Crippen LogP contribution in [0.5, 0.6) is 0 Å². The molecule has 0 nitrogen and oxygen atoms in total. The van der Waals surface area contributed by atoms with Crippen molar-refractivity contribution >= 4 is 0 Å². The number of hydrogen-bond acceptors (Lipinski definition) is 0. The van der Waals surface area contributed by atoms with Crippen LogP contribution >= 0.6 is 0 Å². The van der Waals surface area contributed by atoms with Crippen molar-refractivity contribution in [2.24, 2.45) is 22.7 Å². The summed E-state index contributed by atoms with van der Waals surface area (Å²) >= 11 is 0. The molecule has 0 aliphatic carbocycles. The lowest BCUT2D eigenvalue weighted by molar-refractivity contribution is 0.00517. The van der Waals surface area contributed by atoms with Gasteiger partial charge in [-0.1, -0.05) is 61.8 Å². The van der Waals surface area contributed by atoms with E-state index in [0.29, 0.717) is 10.8 Å². The average Bonchev–Trinajstić information content (AvgIpc) is 2.02. The molecule has 0 saturated carbocycles. The molecule has 13 heavy (non-hydrogen) atoms. The lowest BCUT2D eigenvalue weighted by atomic mass is 9.57. The van der Waals surface area contributed by atoms with Gasteiger partial charge in [-0.3, -0.25) is 0 Å². The van der Waals surface area contributed by atoms with Crippen LogP contribution < -0.4 is 0 Å². The standard InChI is InChI=1S/C13H28/c1-9-11(4)13(7,8)12(5,6)10(2)3/h10-11H,9H2,1-8H3. The first-order valence-electron chi connectivity index (χ1n) is 5.67. The first-order chi connectivity index (χ1) is 5.67. The monoisotopic (exact) mass is 184 g/mol. The Labute approximate surface area is 85.1 Å². The van der Waals surface area contributed by atoms with Crippen molar-refractivity contribution in [3.05, 3.63) is 0 Å². The highest BCUT2D eigenvalue weighted by Gasteiger charge is 2.42. The average molecular weight is 184 g/mol. The maximum absolute atomic E-state index is 2.42. The maximum Gasteiger partial charge on any atom is -0.0275 e. The van der Waals surface area contributed by atoms with E-state index in [1.54, 1.807) is 0 Å². The van der Waals surface area contributed by atoms with Crippen molar-refractivity contribution in [2.45, 2.75) is 61.8 Å². The molecule has 80 valence electrons. The predicted octanol–water partition coefficient (Wildman–Crippen LogP) is 4.74. The summed E-state index contributed by atoms with van der Waals surface area (Å²) in [4.78, 5) is 0. The molecule has 0 spiro atoms. The van der Waals surface area contributed by atoms with Gasteiger partial charge in [0.25, 0.3) is 0 Å². The minimum Gasteiger partial charge on any atom is -0.0651 e. The Morgan fingerprint density at radius 3 is 1.46 bits per heavy atom. The van der Waals surface area contributed by atoms with Crippen LogP contribution in [0.3, 0.4) is 0 Å². The smallest absolute Gasteiger partial charge is 0.0275 e. The largest absolute Gasteiger partial charge is 0.0651 e. The zero-order valence-corrected chi connectivity index (χ0v) is 10.9. The fourth-order valence-corrected chi connectivity index (χ4v) is 1.89. The normalized spacial score (nSPS) is 16.4. The maximum atomic E-state index is 2.42. The van der Waals surface area contributed by atoms with Crippen molar-refractivity contribution in [2.75, 3.05) is 0 Å². The van der Waals surface area contributed by atoms with Crippen LogP contribution in [-0.4, -0.2) is 0 Å². The second kappa shape index (κ2) is 4.02. The van der Waals surface area contributed by atoms with Gasteiger partial charge in [0.15, 0.2) is 0 Å². The fraction of sp³-hybridized carbons (Fsp3) is 1.00. The highest BCUT2D eigenvalue weighted by molar-refractivity contribution is 4.91. The summed E-state index contributed by atoms with van der Waals surface area (Å²) < 4.78 is 0. The van der Waals surface area contributed by atoms with Gasteiger partial charge in [0.05, 0.1) is 0 Å². The van der Waals surface area contributed by atoms with Gasteiger partial charge in [-0.25, -0.2) is 0 Å². The summed E-state index contributed by atoms with van der Waals surface area (Å²) in [5.41, 5.74) is 0.846. The van der Waals surface area contributed by atoms with Gasteiger partial charge >= 0.3 is 0 Å². The van der Waals surface area contributed by atoms with Gasteiger partial charge in [-0.05, 0) is 22.7 Å². The van der Waals surface area contributed by atoms with E-state index in [1.165, 1.54) is 6.42 Å². The summed E-state index contributed by atoms with van der Waals surface area (Å²) in [5.74, 6) is 1.54. The summed E-state index contributed by atoms with van der Waals surface area (Å²) in [7, 11) is 0. The Kier molecular flexibility index (Phi) is 4.02. The van der Waals surface area contributed by atoms with E-state index in [-0.39, 0.29) is 0 Å². The first kappa shape index (κ1) is 13.0. The zero-order chi connectivity index (χ0) is 10.9. The summed E-state index contributed by atoms with van der Waals surface area (Å²) in [5, 5.41) is 0. The molecule has 0 aliphatic rings. The molecule has 0 fully saturated rings. The van der Waals surface area contributed by atoms with E-state index in [1.807, 2.05) is 0 Å². The van der Waals surface area contributed by atoms with Gasteiger partial charge < -0.3 is 0 Å². The zero-order valence-electron chi connectivity index (χ0n) is 10.9.